The molecule has 5 heteroatoms. The quantitative estimate of drug-likeness (QED) is 0.751. The fourth-order valence-electron chi connectivity index (χ4n) is 3.17. The summed E-state index contributed by atoms with van der Waals surface area (Å²) in [6.45, 7) is 1.62. The molecule has 1 aromatic heterocycles. The SMILES string of the molecule is COc1ccc(CCC2CCN(C(=O)c3ccc(Br)o3)CC2)cc1. The number of methoxy groups -OCH3 is 1. The zero-order valence-electron chi connectivity index (χ0n) is 13.8. The van der Waals surface area contributed by atoms with Gasteiger partial charge in [0.05, 0.1) is 7.11 Å². The van der Waals surface area contributed by atoms with E-state index in [1.165, 1.54) is 12.0 Å². The number of rotatable bonds is 5. The Labute approximate surface area is 150 Å². The van der Waals surface area contributed by atoms with Crippen LogP contribution in [-0.2, 0) is 6.42 Å². The Morgan fingerprint density at radius 2 is 1.92 bits per heavy atom. The average Bonchev–Trinajstić information content (AvgIpc) is 3.06. The lowest BCUT2D eigenvalue weighted by Gasteiger charge is -2.31. The van der Waals surface area contributed by atoms with Crippen LogP contribution >= 0.6 is 15.9 Å². The molecule has 1 fully saturated rings. The second-order valence-corrected chi connectivity index (χ2v) is 7.01. The highest BCUT2D eigenvalue weighted by Crippen LogP contribution is 2.25. The van der Waals surface area contributed by atoms with Gasteiger partial charge in [0.15, 0.2) is 10.4 Å². The van der Waals surface area contributed by atoms with Gasteiger partial charge in [-0.15, -0.1) is 0 Å². The molecular weight excluding hydrogens is 370 g/mol. The Morgan fingerprint density at radius 1 is 1.21 bits per heavy atom. The van der Waals surface area contributed by atoms with Gasteiger partial charge in [-0.2, -0.15) is 0 Å². The van der Waals surface area contributed by atoms with Gasteiger partial charge in [-0.1, -0.05) is 12.1 Å². The number of piperidine rings is 1. The van der Waals surface area contributed by atoms with E-state index in [0.717, 1.165) is 38.1 Å². The molecule has 0 radical (unpaired) electrons. The molecule has 2 heterocycles. The topological polar surface area (TPSA) is 42.7 Å². The number of amides is 1. The standard InChI is InChI=1S/C19H22BrNO3/c1-23-16-6-4-14(5-7-16)2-3-15-10-12-21(13-11-15)19(22)17-8-9-18(20)24-17/h4-9,15H,2-3,10-13H2,1H3. The van der Waals surface area contributed by atoms with Crippen LogP contribution in [0.15, 0.2) is 45.5 Å². The molecule has 4 nitrogen and oxygen atoms in total. The third-order valence-corrected chi connectivity index (χ3v) is 5.11. The fraction of sp³-hybridized carbons (Fsp3) is 0.421. The van der Waals surface area contributed by atoms with Crippen LogP contribution in [0.4, 0.5) is 0 Å². The summed E-state index contributed by atoms with van der Waals surface area (Å²) >= 11 is 3.24. The van der Waals surface area contributed by atoms with E-state index < -0.39 is 0 Å². The summed E-state index contributed by atoms with van der Waals surface area (Å²) < 4.78 is 11.1. The molecule has 24 heavy (non-hydrogen) atoms. The smallest absolute Gasteiger partial charge is 0.289 e. The maximum absolute atomic E-state index is 12.4. The van der Waals surface area contributed by atoms with Crippen molar-refractivity contribution < 1.29 is 13.9 Å². The summed E-state index contributed by atoms with van der Waals surface area (Å²) in [4.78, 5) is 14.3. The number of hydrogen-bond donors (Lipinski definition) is 0. The molecule has 1 aliphatic heterocycles. The van der Waals surface area contributed by atoms with Gasteiger partial charge in [0.1, 0.15) is 5.75 Å². The number of benzene rings is 1. The van der Waals surface area contributed by atoms with Crippen molar-refractivity contribution >= 4 is 21.8 Å². The zero-order valence-corrected chi connectivity index (χ0v) is 15.4. The molecule has 0 unspecified atom stereocenters. The number of ether oxygens (including phenoxy) is 1. The molecule has 1 amide bonds. The number of likely N-dealkylation sites (tertiary alicyclic amines) is 1. The van der Waals surface area contributed by atoms with Crippen molar-refractivity contribution in [2.45, 2.75) is 25.7 Å². The maximum Gasteiger partial charge on any atom is 0.289 e. The van der Waals surface area contributed by atoms with Crippen LogP contribution in [0.3, 0.4) is 0 Å². The van der Waals surface area contributed by atoms with E-state index in [2.05, 4.69) is 28.1 Å². The zero-order chi connectivity index (χ0) is 16.9. The number of hydrogen-bond acceptors (Lipinski definition) is 3. The molecular formula is C19H22BrNO3. The number of nitrogens with zero attached hydrogens (tertiary/aromatic N) is 1. The van der Waals surface area contributed by atoms with E-state index >= 15 is 0 Å². The minimum atomic E-state index is -0.00527. The maximum atomic E-state index is 12.4. The lowest BCUT2D eigenvalue weighted by atomic mass is 9.90. The van der Waals surface area contributed by atoms with E-state index in [-0.39, 0.29) is 5.91 Å². The Hall–Kier alpha value is -1.75. The summed E-state index contributed by atoms with van der Waals surface area (Å²) in [5.41, 5.74) is 1.34. The number of aryl methyl sites for hydroxylation is 1. The molecule has 0 atom stereocenters. The lowest BCUT2D eigenvalue weighted by molar-refractivity contribution is 0.0653. The Balaban J connectivity index is 1.45. The highest BCUT2D eigenvalue weighted by molar-refractivity contribution is 9.10. The van der Waals surface area contributed by atoms with Crippen molar-refractivity contribution in [2.75, 3.05) is 20.2 Å². The molecule has 0 saturated carbocycles. The Morgan fingerprint density at radius 3 is 2.50 bits per heavy atom. The van der Waals surface area contributed by atoms with Gasteiger partial charge in [0.25, 0.3) is 5.91 Å². The van der Waals surface area contributed by atoms with Crippen molar-refractivity contribution in [2.24, 2.45) is 5.92 Å². The van der Waals surface area contributed by atoms with Crippen LogP contribution in [0.1, 0.15) is 35.4 Å². The predicted octanol–water partition coefficient (Wildman–Crippen LogP) is 4.54. The second-order valence-electron chi connectivity index (χ2n) is 6.23. The molecule has 0 N–H and O–H groups in total. The third-order valence-electron chi connectivity index (χ3n) is 4.69. The minimum absolute atomic E-state index is 0.00527. The molecule has 0 bridgehead atoms. The molecule has 1 aliphatic rings. The number of carbonyl (C=O) groups excluding carboxylic acids is 1. The summed E-state index contributed by atoms with van der Waals surface area (Å²) in [6, 6.07) is 11.8. The van der Waals surface area contributed by atoms with Gasteiger partial charge in [-0.25, -0.2) is 0 Å². The highest BCUT2D eigenvalue weighted by atomic mass is 79.9. The molecule has 1 saturated heterocycles. The van der Waals surface area contributed by atoms with Crippen molar-refractivity contribution in [3.8, 4) is 5.75 Å². The van der Waals surface area contributed by atoms with E-state index in [9.17, 15) is 4.79 Å². The third kappa shape index (κ3) is 4.20. The average molecular weight is 392 g/mol. The molecule has 128 valence electrons. The van der Waals surface area contributed by atoms with Crippen LogP contribution in [0.2, 0.25) is 0 Å². The first-order valence-electron chi connectivity index (χ1n) is 8.33. The highest BCUT2D eigenvalue weighted by Gasteiger charge is 2.25. The summed E-state index contributed by atoms with van der Waals surface area (Å²) in [6.07, 6.45) is 4.36. The van der Waals surface area contributed by atoms with Gasteiger partial charge < -0.3 is 14.1 Å². The summed E-state index contributed by atoms with van der Waals surface area (Å²) in [5.74, 6) is 1.99. The monoisotopic (exact) mass is 391 g/mol. The molecule has 0 aliphatic carbocycles. The second kappa shape index (κ2) is 7.88. The van der Waals surface area contributed by atoms with Crippen molar-refractivity contribution in [1.29, 1.82) is 0 Å². The van der Waals surface area contributed by atoms with Crippen LogP contribution in [0, 0.1) is 5.92 Å². The summed E-state index contributed by atoms with van der Waals surface area (Å²) in [5, 5.41) is 0. The minimum Gasteiger partial charge on any atom is -0.497 e. The Kier molecular flexibility index (Phi) is 5.61. The van der Waals surface area contributed by atoms with Gasteiger partial charge in [0.2, 0.25) is 0 Å². The van der Waals surface area contributed by atoms with Gasteiger partial charge >= 0.3 is 0 Å². The van der Waals surface area contributed by atoms with Crippen molar-refractivity contribution in [1.82, 2.24) is 4.90 Å². The Bertz CT molecular complexity index is 672. The van der Waals surface area contributed by atoms with E-state index in [1.807, 2.05) is 17.0 Å². The van der Waals surface area contributed by atoms with Crippen molar-refractivity contribution in [3.05, 3.63) is 52.4 Å². The van der Waals surface area contributed by atoms with Crippen LogP contribution in [0.5, 0.6) is 5.75 Å². The van der Waals surface area contributed by atoms with Gasteiger partial charge in [-0.05, 0) is 77.4 Å². The normalized spacial score (nSPS) is 15.5. The van der Waals surface area contributed by atoms with Crippen LogP contribution < -0.4 is 4.74 Å². The van der Waals surface area contributed by atoms with Crippen molar-refractivity contribution in [3.63, 3.8) is 0 Å². The van der Waals surface area contributed by atoms with Gasteiger partial charge in [-0.3, -0.25) is 4.79 Å². The predicted molar refractivity (Wildman–Crippen MR) is 96.4 cm³/mol. The van der Waals surface area contributed by atoms with E-state index in [1.54, 1.807) is 19.2 Å². The first kappa shape index (κ1) is 17.1. The first-order chi connectivity index (χ1) is 11.7. The van der Waals surface area contributed by atoms with Crippen LogP contribution in [-0.4, -0.2) is 31.0 Å². The molecule has 1 aromatic carbocycles. The molecule has 3 rings (SSSR count). The lowest BCUT2D eigenvalue weighted by Crippen LogP contribution is -2.38. The number of furan rings is 1. The van der Waals surface area contributed by atoms with E-state index in [4.69, 9.17) is 9.15 Å². The molecule has 2 aromatic rings. The number of halogens is 1. The molecule has 0 spiro atoms. The summed E-state index contributed by atoms with van der Waals surface area (Å²) in [7, 11) is 1.69. The fourth-order valence-corrected chi connectivity index (χ4v) is 3.48. The number of carbonyl (C=O) groups is 1. The first-order valence-corrected chi connectivity index (χ1v) is 9.12. The van der Waals surface area contributed by atoms with E-state index in [0.29, 0.717) is 16.3 Å². The van der Waals surface area contributed by atoms with Gasteiger partial charge in [0, 0.05) is 13.1 Å². The van der Waals surface area contributed by atoms with Crippen LogP contribution in [0.25, 0.3) is 0 Å². The largest absolute Gasteiger partial charge is 0.497 e.